The largest absolute Gasteiger partial charge is 0.310 e. The van der Waals surface area contributed by atoms with Crippen LogP contribution in [0.5, 0.6) is 0 Å². The maximum absolute atomic E-state index is 2.47. The molecule has 286 valence electrons. The number of para-hydroxylation sites is 1. The molecule has 0 aliphatic rings. The molecule has 2 nitrogen and oxygen atoms in total. The number of thiophene rings is 1. The first-order chi connectivity index (χ1) is 30.3. The average molecular weight is 795 g/mol. The molecule has 2 heterocycles. The Morgan fingerprint density at radius 2 is 0.984 bits per heavy atom. The fraction of sp³-hybridized carbons (Fsp3) is 0. The number of rotatable bonds is 7. The minimum absolute atomic E-state index is 1.10. The predicted molar refractivity (Wildman–Crippen MR) is 262 cm³/mol. The highest BCUT2D eigenvalue weighted by Crippen LogP contribution is 2.48. The molecule has 12 aromatic rings. The maximum Gasteiger partial charge on any atom is 0.0619 e. The molecule has 0 saturated carbocycles. The van der Waals surface area contributed by atoms with E-state index in [9.17, 15) is 0 Å². The molecule has 0 unspecified atom stereocenters. The fourth-order valence-electron chi connectivity index (χ4n) is 9.39. The van der Waals surface area contributed by atoms with Crippen molar-refractivity contribution in [1.29, 1.82) is 0 Å². The Morgan fingerprint density at radius 3 is 1.79 bits per heavy atom. The van der Waals surface area contributed by atoms with Crippen LogP contribution in [0.2, 0.25) is 0 Å². The Hall–Kier alpha value is -7.72. The molecule has 10 aromatic carbocycles. The summed E-state index contributed by atoms with van der Waals surface area (Å²) in [6.45, 7) is 0. The number of benzene rings is 10. The molecule has 3 heteroatoms. The number of nitrogens with zero attached hydrogens (tertiary/aromatic N) is 2. The monoisotopic (exact) mass is 794 g/mol. The van der Waals surface area contributed by atoms with Gasteiger partial charge in [-0.25, -0.2) is 0 Å². The third kappa shape index (κ3) is 5.93. The van der Waals surface area contributed by atoms with Crippen molar-refractivity contribution in [2.75, 3.05) is 4.90 Å². The highest BCUT2D eigenvalue weighted by molar-refractivity contribution is 7.26. The summed E-state index contributed by atoms with van der Waals surface area (Å²) in [6.07, 6.45) is 0. The van der Waals surface area contributed by atoms with Gasteiger partial charge in [-0.3, -0.25) is 0 Å². The highest BCUT2D eigenvalue weighted by atomic mass is 32.1. The summed E-state index contributed by atoms with van der Waals surface area (Å²) < 4.78 is 5.03. The van der Waals surface area contributed by atoms with Crippen LogP contribution in [0.25, 0.3) is 91.8 Å². The van der Waals surface area contributed by atoms with Crippen LogP contribution in [0, 0.1) is 0 Å². The van der Waals surface area contributed by atoms with E-state index < -0.39 is 0 Å². The third-order valence-corrected chi connectivity index (χ3v) is 13.3. The van der Waals surface area contributed by atoms with Crippen LogP contribution in [0.1, 0.15) is 0 Å². The minimum Gasteiger partial charge on any atom is -0.310 e. The van der Waals surface area contributed by atoms with Gasteiger partial charge in [0.2, 0.25) is 0 Å². The van der Waals surface area contributed by atoms with Crippen LogP contribution in [0.4, 0.5) is 17.1 Å². The van der Waals surface area contributed by atoms with Crippen molar-refractivity contribution in [3.63, 3.8) is 0 Å². The minimum atomic E-state index is 1.10. The molecule has 0 bridgehead atoms. The molecule has 0 atom stereocenters. The smallest absolute Gasteiger partial charge is 0.0619 e. The molecule has 0 amide bonds. The summed E-state index contributed by atoms with van der Waals surface area (Å²) in [7, 11) is 0. The van der Waals surface area contributed by atoms with Gasteiger partial charge in [0, 0.05) is 53.6 Å². The lowest BCUT2D eigenvalue weighted by Crippen LogP contribution is -2.10. The summed E-state index contributed by atoms with van der Waals surface area (Å²) >= 11 is 1.86. The van der Waals surface area contributed by atoms with E-state index in [4.69, 9.17) is 0 Å². The lowest BCUT2D eigenvalue weighted by atomic mass is 9.95. The first-order valence-electron chi connectivity index (χ1n) is 20.8. The maximum atomic E-state index is 2.47. The van der Waals surface area contributed by atoms with E-state index in [0.717, 1.165) is 28.3 Å². The van der Waals surface area contributed by atoms with Crippen molar-refractivity contribution in [2.24, 2.45) is 0 Å². The van der Waals surface area contributed by atoms with Crippen molar-refractivity contribution in [2.45, 2.75) is 0 Å². The van der Waals surface area contributed by atoms with E-state index in [1.54, 1.807) is 0 Å². The third-order valence-electron chi connectivity index (χ3n) is 12.2. The number of hydrogen-bond acceptors (Lipinski definition) is 2. The molecule has 0 saturated heterocycles. The average Bonchev–Trinajstić information content (AvgIpc) is 3.88. The highest BCUT2D eigenvalue weighted by Gasteiger charge is 2.23. The summed E-state index contributed by atoms with van der Waals surface area (Å²) in [6, 6.07) is 84.3. The lowest BCUT2D eigenvalue weighted by molar-refractivity contribution is 1.18. The zero-order chi connectivity index (χ0) is 40.3. The van der Waals surface area contributed by atoms with Crippen molar-refractivity contribution in [1.82, 2.24) is 4.57 Å². The van der Waals surface area contributed by atoms with Gasteiger partial charge in [-0.1, -0.05) is 158 Å². The SMILES string of the molecule is c1ccc(-c2cc(-c3ccccc3)c3c(c2)c2cc(N(c4ccc(-c5cccc6ccccc56)cc4)c4cccc5sc6ccccc6c45)ccc2n3-c2ccccc2)cc1. The molecule has 12 rings (SSSR count). The van der Waals surface area contributed by atoms with Gasteiger partial charge in [0.05, 0.1) is 16.7 Å². The van der Waals surface area contributed by atoms with Gasteiger partial charge in [-0.15, -0.1) is 11.3 Å². The number of aromatic nitrogens is 1. The lowest BCUT2D eigenvalue weighted by Gasteiger charge is -2.27. The molecule has 61 heavy (non-hydrogen) atoms. The molecule has 0 aliphatic carbocycles. The first-order valence-corrected chi connectivity index (χ1v) is 21.7. The zero-order valence-corrected chi connectivity index (χ0v) is 34.1. The van der Waals surface area contributed by atoms with Crippen molar-refractivity contribution in [3.8, 4) is 39.1 Å². The standard InChI is InChI=1S/C58H38N2S/c1-4-16-39(17-5-1)43-36-50(41-18-6-2-7-19-41)58-52(37-43)51-38-46(34-35-53(51)60(58)44-22-8-3-9-23-44)59(54-27-15-29-56-57(54)49-25-12-13-28-55(49)61-56)45-32-30-42(31-33-45)48-26-14-21-40-20-10-11-24-47(40)48/h1-38H. The molecule has 0 radical (unpaired) electrons. The number of fused-ring (bicyclic) bond motifs is 7. The zero-order valence-electron chi connectivity index (χ0n) is 33.2. The van der Waals surface area contributed by atoms with Gasteiger partial charge >= 0.3 is 0 Å². The summed E-state index contributed by atoms with van der Waals surface area (Å²) in [4.78, 5) is 2.47. The summed E-state index contributed by atoms with van der Waals surface area (Å²) in [5.41, 5.74) is 14.1. The van der Waals surface area contributed by atoms with E-state index in [-0.39, 0.29) is 0 Å². The number of hydrogen-bond donors (Lipinski definition) is 0. The predicted octanol–water partition coefficient (Wildman–Crippen LogP) is 16.8. The van der Waals surface area contributed by atoms with E-state index in [1.807, 2.05) is 11.3 Å². The van der Waals surface area contributed by atoms with E-state index in [2.05, 4.69) is 240 Å². The van der Waals surface area contributed by atoms with Crippen molar-refractivity contribution < 1.29 is 0 Å². The van der Waals surface area contributed by atoms with Gasteiger partial charge < -0.3 is 9.47 Å². The van der Waals surface area contributed by atoms with Crippen LogP contribution in [-0.4, -0.2) is 4.57 Å². The van der Waals surface area contributed by atoms with Gasteiger partial charge in [0.15, 0.2) is 0 Å². The van der Waals surface area contributed by atoms with E-state index >= 15 is 0 Å². The Balaban J connectivity index is 1.14. The normalized spacial score (nSPS) is 11.6. The van der Waals surface area contributed by atoms with Crippen LogP contribution in [0.15, 0.2) is 231 Å². The fourth-order valence-corrected chi connectivity index (χ4v) is 10.5. The first kappa shape index (κ1) is 35.2. The van der Waals surface area contributed by atoms with Crippen molar-refractivity contribution in [3.05, 3.63) is 231 Å². The Kier molecular flexibility index (Phi) is 8.39. The molecule has 0 aliphatic heterocycles. The summed E-state index contributed by atoms with van der Waals surface area (Å²) in [5.74, 6) is 0. The Morgan fingerprint density at radius 1 is 0.361 bits per heavy atom. The Bertz CT molecular complexity index is 3560. The van der Waals surface area contributed by atoms with E-state index in [0.29, 0.717) is 0 Å². The van der Waals surface area contributed by atoms with E-state index in [1.165, 1.54) is 80.6 Å². The number of anilines is 3. The Labute approximate surface area is 358 Å². The second-order valence-electron chi connectivity index (χ2n) is 15.7. The van der Waals surface area contributed by atoms with Gasteiger partial charge in [-0.2, -0.15) is 0 Å². The molecule has 2 aromatic heterocycles. The van der Waals surface area contributed by atoms with Crippen LogP contribution in [-0.2, 0) is 0 Å². The molecular formula is C58H38N2S. The second kappa shape index (κ2) is 14.5. The molecular weight excluding hydrogens is 757 g/mol. The second-order valence-corrected chi connectivity index (χ2v) is 16.8. The van der Waals surface area contributed by atoms with Gasteiger partial charge in [0.1, 0.15) is 0 Å². The molecule has 0 spiro atoms. The summed E-state index contributed by atoms with van der Waals surface area (Å²) in [5, 5.41) is 7.46. The van der Waals surface area contributed by atoms with Crippen molar-refractivity contribution >= 4 is 81.1 Å². The van der Waals surface area contributed by atoms with Crippen LogP contribution < -0.4 is 4.90 Å². The van der Waals surface area contributed by atoms with Crippen LogP contribution in [0.3, 0.4) is 0 Å². The topological polar surface area (TPSA) is 8.17 Å². The van der Waals surface area contributed by atoms with Crippen LogP contribution >= 0.6 is 11.3 Å². The quantitative estimate of drug-likeness (QED) is 0.156. The van der Waals surface area contributed by atoms with Gasteiger partial charge in [0.25, 0.3) is 0 Å². The van der Waals surface area contributed by atoms with Gasteiger partial charge in [-0.05, 0) is 111 Å². The molecule has 0 N–H and O–H groups in total. The molecule has 0 fully saturated rings.